The first-order chi connectivity index (χ1) is 9.71. The molecule has 1 aromatic heterocycles. The van der Waals surface area contributed by atoms with Crippen LogP contribution in [-0.2, 0) is 5.41 Å². The minimum Gasteiger partial charge on any atom is -0.375 e. The van der Waals surface area contributed by atoms with E-state index in [-0.39, 0.29) is 5.41 Å². The monoisotopic (exact) mass is 280 g/mol. The third-order valence-electron chi connectivity index (χ3n) is 3.74. The van der Waals surface area contributed by atoms with Crippen molar-refractivity contribution in [1.29, 1.82) is 0 Å². The van der Waals surface area contributed by atoms with E-state index in [1.54, 1.807) is 0 Å². The highest BCUT2D eigenvalue weighted by atomic mass is 32.1. The largest absolute Gasteiger partial charge is 0.375 e. The number of aromatic nitrogens is 1. The Morgan fingerprint density at radius 1 is 0.900 bits per heavy atom. The number of nitrogens with zero attached hydrogens (tertiary/aromatic N) is 1. The zero-order valence-electron chi connectivity index (χ0n) is 11.3. The Morgan fingerprint density at radius 2 is 1.40 bits per heavy atom. The summed E-state index contributed by atoms with van der Waals surface area (Å²) in [7, 11) is 0. The Hall–Kier alpha value is -2.13. The summed E-state index contributed by atoms with van der Waals surface area (Å²) in [5, 5.41) is 2.66. The van der Waals surface area contributed by atoms with E-state index in [0.29, 0.717) is 5.13 Å². The van der Waals surface area contributed by atoms with E-state index >= 15 is 0 Å². The number of rotatable bonds is 3. The van der Waals surface area contributed by atoms with Crippen LogP contribution < -0.4 is 5.73 Å². The molecule has 0 fully saturated rings. The average molecular weight is 280 g/mol. The van der Waals surface area contributed by atoms with Crippen LogP contribution in [0.15, 0.2) is 66.0 Å². The molecule has 2 nitrogen and oxygen atoms in total. The fraction of sp³-hybridized carbons (Fsp3) is 0.118. The Bertz CT molecular complexity index is 650. The molecule has 0 amide bonds. The molecule has 0 aliphatic rings. The van der Waals surface area contributed by atoms with Crippen LogP contribution in [0.25, 0.3) is 0 Å². The smallest absolute Gasteiger partial charge is 0.180 e. The molecule has 20 heavy (non-hydrogen) atoms. The Kier molecular flexibility index (Phi) is 3.28. The lowest BCUT2D eigenvalue weighted by Crippen LogP contribution is -2.25. The summed E-state index contributed by atoms with van der Waals surface area (Å²) in [5.41, 5.74) is 8.99. The molecule has 0 aliphatic carbocycles. The molecule has 2 N–H and O–H groups in total. The molecule has 3 heteroatoms. The first-order valence-corrected chi connectivity index (χ1v) is 7.42. The van der Waals surface area contributed by atoms with Gasteiger partial charge in [-0.2, -0.15) is 0 Å². The van der Waals surface area contributed by atoms with Gasteiger partial charge in [0, 0.05) is 5.38 Å². The summed E-state index contributed by atoms with van der Waals surface area (Å²) >= 11 is 1.49. The van der Waals surface area contributed by atoms with Crippen LogP contribution >= 0.6 is 11.3 Å². The van der Waals surface area contributed by atoms with Crippen molar-refractivity contribution in [2.45, 2.75) is 12.3 Å². The van der Waals surface area contributed by atoms with Crippen molar-refractivity contribution in [2.75, 3.05) is 5.73 Å². The molecule has 2 aromatic carbocycles. The second-order valence-electron chi connectivity index (χ2n) is 4.93. The standard InChI is InChI=1S/C17H16N2S/c1-17(13-8-4-2-5-9-13,14-10-6-3-7-11-14)15-12-20-16(18)19-15/h2-12H,1H3,(H2,18,19). The molecule has 3 aromatic rings. The topological polar surface area (TPSA) is 38.9 Å². The number of hydrogen-bond donors (Lipinski definition) is 1. The lowest BCUT2D eigenvalue weighted by molar-refractivity contribution is 0.672. The summed E-state index contributed by atoms with van der Waals surface area (Å²) < 4.78 is 0. The fourth-order valence-corrected chi connectivity index (χ4v) is 3.19. The van der Waals surface area contributed by atoms with Crippen molar-refractivity contribution >= 4 is 16.5 Å². The van der Waals surface area contributed by atoms with E-state index in [0.717, 1.165) is 5.69 Å². The van der Waals surface area contributed by atoms with Crippen LogP contribution in [0.3, 0.4) is 0 Å². The van der Waals surface area contributed by atoms with Gasteiger partial charge in [0.2, 0.25) is 0 Å². The van der Waals surface area contributed by atoms with Crippen molar-refractivity contribution in [3.05, 3.63) is 82.9 Å². The highest BCUT2D eigenvalue weighted by molar-refractivity contribution is 7.13. The molecule has 1 heterocycles. The molecule has 0 aliphatic heterocycles. The molecule has 0 radical (unpaired) electrons. The minimum atomic E-state index is -0.281. The predicted molar refractivity (Wildman–Crippen MR) is 85.0 cm³/mol. The minimum absolute atomic E-state index is 0.281. The molecule has 0 saturated carbocycles. The number of benzene rings is 2. The van der Waals surface area contributed by atoms with Gasteiger partial charge in [-0.15, -0.1) is 11.3 Å². The maximum absolute atomic E-state index is 5.84. The number of anilines is 1. The van der Waals surface area contributed by atoms with Crippen molar-refractivity contribution in [2.24, 2.45) is 0 Å². The van der Waals surface area contributed by atoms with Crippen molar-refractivity contribution < 1.29 is 0 Å². The van der Waals surface area contributed by atoms with Gasteiger partial charge in [-0.25, -0.2) is 4.98 Å². The Labute approximate surface area is 122 Å². The van der Waals surface area contributed by atoms with Gasteiger partial charge in [0.05, 0.1) is 11.1 Å². The summed E-state index contributed by atoms with van der Waals surface area (Å²) in [6, 6.07) is 20.9. The van der Waals surface area contributed by atoms with Crippen molar-refractivity contribution in [3.8, 4) is 0 Å². The van der Waals surface area contributed by atoms with E-state index < -0.39 is 0 Å². The Balaban J connectivity index is 2.23. The lowest BCUT2D eigenvalue weighted by atomic mass is 9.74. The van der Waals surface area contributed by atoms with E-state index in [4.69, 9.17) is 5.73 Å². The molecule has 100 valence electrons. The van der Waals surface area contributed by atoms with Gasteiger partial charge in [-0.05, 0) is 18.1 Å². The van der Waals surface area contributed by atoms with Crippen LogP contribution in [0.2, 0.25) is 0 Å². The molecular formula is C17H16N2S. The number of hydrogen-bond acceptors (Lipinski definition) is 3. The highest BCUT2D eigenvalue weighted by Gasteiger charge is 2.33. The van der Waals surface area contributed by atoms with Gasteiger partial charge < -0.3 is 5.73 Å². The van der Waals surface area contributed by atoms with Crippen molar-refractivity contribution in [1.82, 2.24) is 4.98 Å². The molecule has 0 saturated heterocycles. The number of nitrogens with two attached hydrogens (primary N) is 1. The molecule has 0 bridgehead atoms. The molecule has 0 unspecified atom stereocenters. The summed E-state index contributed by atoms with van der Waals surface area (Å²) in [6.45, 7) is 2.20. The van der Waals surface area contributed by atoms with E-state index in [1.165, 1.54) is 22.5 Å². The van der Waals surface area contributed by atoms with Gasteiger partial charge >= 0.3 is 0 Å². The SMILES string of the molecule is CC(c1ccccc1)(c1ccccc1)c1csc(N)n1. The summed E-state index contributed by atoms with van der Waals surface area (Å²) in [6.07, 6.45) is 0. The average Bonchev–Trinajstić information content (AvgIpc) is 2.95. The predicted octanol–water partition coefficient (Wildman–Crippen LogP) is 4.08. The maximum atomic E-state index is 5.84. The van der Waals surface area contributed by atoms with E-state index in [9.17, 15) is 0 Å². The second-order valence-corrected chi connectivity index (χ2v) is 5.82. The van der Waals surface area contributed by atoms with Gasteiger partial charge in [0.1, 0.15) is 0 Å². The first-order valence-electron chi connectivity index (χ1n) is 6.54. The molecule has 3 rings (SSSR count). The fourth-order valence-electron chi connectivity index (χ4n) is 2.52. The van der Waals surface area contributed by atoms with Crippen molar-refractivity contribution in [3.63, 3.8) is 0 Å². The quantitative estimate of drug-likeness (QED) is 0.785. The first kappa shape index (κ1) is 12.9. The second kappa shape index (κ2) is 5.10. The summed E-state index contributed by atoms with van der Waals surface area (Å²) in [5.74, 6) is 0. The number of nitrogen functional groups attached to an aromatic ring is 1. The van der Waals surface area contributed by atoms with E-state index in [1.807, 2.05) is 12.1 Å². The third kappa shape index (κ3) is 2.10. The van der Waals surface area contributed by atoms with Gasteiger partial charge in [0.25, 0.3) is 0 Å². The zero-order valence-corrected chi connectivity index (χ0v) is 12.1. The van der Waals surface area contributed by atoms with Crippen LogP contribution in [0.5, 0.6) is 0 Å². The van der Waals surface area contributed by atoms with Gasteiger partial charge in [-0.1, -0.05) is 60.7 Å². The van der Waals surface area contributed by atoms with Gasteiger partial charge in [-0.3, -0.25) is 0 Å². The zero-order chi connectivity index (χ0) is 14.0. The van der Waals surface area contributed by atoms with Crippen LogP contribution in [0.4, 0.5) is 5.13 Å². The highest BCUT2D eigenvalue weighted by Crippen LogP contribution is 2.39. The van der Waals surface area contributed by atoms with Crippen LogP contribution in [0, 0.1) is 0 Å². The molecule has 0 spiro atoms. The van der Waals surface area contributed by atoms with Crippen LogP contribution in [-0.4, -0.2) is 4.98 Å². The Morgan fingerprint density at radius 3 is 1.80 bits per heavy atom. The van der Waals surface area contributed by atoms with Gasteiger partial charge in [0.15, 0.2) is 5.13 Å². The van der Waals surface area contributed by atoms with Crippen LogP contribution in [0.1, 0.15) is 23.7 Å². The number of thiazole rings is 1. The maximum Gasteiger partial charge on any atom is 0.180 e. The normalized spacial score (nSPS) is 11.4. The summed E-state index contributed by atoms with van der Waals surface area (Å²) in [4.78, 5) is 4.53. The molecular weight excluding hydrogens is 264 g/mol. The molecule has 0 atom stereocenters. The third-order valence-corrected chi connectivity index (χ3v) is 4.41. The van der Waals surface area contributed by atoms with E-state index in [2.05, 4.69) is 65.8 Å². The lowest BCUT2D eigenvalue weighted by Gasteiger charge is -2.29.